The van der Waals surface area contributed by atoms with E-state index >= 15 is 0 Å². The topological polar surface area (TPSA) is 116 Å². The number of nitrogens with zero attached hydrogens (tertiary/aromatic N) is 3. The van der Waals surface area contributed by atoms with Gasteiger partial charge in [-0.2, -0.15) is 0 Å². The predicted octanol–water partition coefficient (Wildman–Crippen LogP) is 1.67. The fraction of sp³-hybridized carbons (Fsp3) is 0.538. The lowest BCUT2D eigenvalue weighted by Gasteiger charge is -2.17. The number of likely N-dealkylation sites (tertiary alicyclic amines) is 1. The summed E-state index contributed by atoms with van der Waals surface area (Å²) in [4.78, 5) is 22.7. The van der Waals surface area contributed by atoms with Gasteiger partial charge in [0.25, 0.3) is 11.4 Å². The minimum Gasteiger partial charge on any atom is -0.328 e. The fourth-order valence-corrected chi connectivity index (χ4v) is 2.65. The molecule has 1 heterocycles. The van der Waals surface area contributed by atoms with Gasteiger partial charge in [0, 0.05) is 30.8 Å². The Labute approximate surface area is 121 Å². The van der Waals surface area contributed by atoms with E-state index in [1.807, 2.05) is 6.92 Å². The Hall–Kier alpha value is -2.06. The lowest BCUT2D eigenvalue weighted by molar-refractivity contribution is -0.394. The maximum atomic E-state index is 11.1. The number of nitrogens with two attached hydrogens (primary N) is 1. The van der Waals surface area contributed by atoms with Crippen LogP contribution in [-0.2, 0) is 6.54 Å². The third-order valence-corrected chi connectivity index (χ3v) is 3.92. The Kier molecular flexibility index (Phi) is 4.49. The molecule has 114 valence electrons. The van der Waals surface area contributed by atoms with Crippen molar-refractivity contribution in [1.82, 2.24) is 4.90 Å². The molecule has 0 saturated carbocycles. The third kappa shape index (κ3) is 3.53. The summed E-state index contributed by atoms with van der Waals surface area (Å²) in [6.45, 7) is 4.01. The quantitative estimate of drug-likeness (QED) is 0.652. The molecular weight excluding hydrogens is 276 g/mol. The van der Waals surface area contributed by atoms with Crippen molar-refractivity contribution in [3.8, 4) is 0 Å². The molecule has 8 nitrogen and oxygen atoms in total. The molecule has 0 amide bonds. The Balaban J connectivity index is 2.17. The van der Waals surface area contributed by atoms with E-state index in [1.165, 1.54) is 12.1 Å². The molecule has 2 N–H and O–H groups in total. The van der Waals surface area contributed by atoms with E-state index in [9.17, 15) is 20.2 Å². The molecule has 0 bridgehead atoms. The number of non-ortho nitro benzene ring substituents is 1. The minimum absolute atomic E-state index is 0.0989. The molecule has 21 heavy (non-hydrogen) atoms. The molecule has 1 aliphatic heterocycles. The van der Waals surface area contributed by atoms with Gasteiger partial charge >= 0.3 is 0 Å². The second kappa shape index (κ2) is 6.15. The van der Waals surface area contributed by atoms with Crippen molar-refractivity contribution < 1.29 is 9.85 Å². The van der Waals surface area contributed by atoms with E-state index in [0.29, 0.717) is 18.0 Å². The molecule has 8 heteroatoms. The lowest BCUT2D eigenvalue weighted by atomic mass is 10.0. The SMILES string of the molecule is CC(N)C1CCN(Cc2ccc([N+](=O)[O-])cc2[N+](=O)[O-])C1. The average Bonchev–Trinajstić information content (AvgIpc) is 2.87. The van der Waals surface area contributed by atoms with Crippen LogP contribution in [0.3, 0.4) is 0 Å². The van der Waals surface area contributed by atoms with E-state index in [2.05, 4.69) is 4.90 Å². The van der Waals surface area contributed by atoms with Crippen LogP contribution in [0.5, 0.6) is 0 Å². The van der Waals surface area contributed by atoms with E-state index in [0.717, 1.165) is 25.6 Å². The lowest BCUT2D eigenvalue weighted by Crippen LogP contribution is -2.29. The molecule has 2 atom stereocenters. The van der Waals surface area contributed by atoms with Gasteiger partial charge < -0.3 is 5.73 Å². The number of benzene rings is 1. The molecule has 0 aliphatic carbocycles. The van der Waals surface area contributed by atoms with Crippen LogP contribution in [0.1, 0.15) is 18.9 Å². The number of hydrogen-bond acceptors (Lipinski definition) is 6. The van der Waals surface area contributed by atoms with Crippen LogP contribution < -0.4 is 5.73 Å². The van der Waals surface area contributed by atoms with Crippen LogP contribution in [0.15, 0.2) is 18.2 Å². The fourth-order valence-electron chi connectivity index (χ4n) is 2.65. The van der Waals surface area contributed by atoms with Gasteiger partial charge in [-0.15, -0.1) is 0 Å². The first-order valence-electron chi connectivity index (χ1n) is 6.78. The van der Waals surface area contributed by atoms with Gasteiger partial charge in [0.1, 0.15) is 0 Å². The van der Waals surface area contributed by atoms with Crippen molar-refractivity contribution in [2.45, 2.75) is 25.9 Å². The van der Waals surface area contributed by atoms with E-state index in [-0.39, 0.29) is 17.4 Å². The van der Waals surface area contributed by atoms with Gasteiger partial charge in [0.15, 0.2) is 0 Å². The molecule has 0 radical (unpaired) electrons. The van der Waals surface area contributed by atoms with E-state index < -0.39 is 9.85 Å². The normalized spacial score (nSPS) is 20.4. The van der Waals surface area contributed by atoms with E-state index in [4.69, 9.17) is 5.73 Å². The van der Waals surface area contributed by atoms with Crippen molar-refractivity contribution in [3.05, 3.63) is 44.0 Å². The van der Waals surface area contributed by atoms with Crippen molar-refractivity contribution in [2.24, 2.45) is 11.7 Å². The second-order valence-electron chi connectivity index (χ2n) is 5.47. The number of rotatable bonds is 5. The first kappa shape index (κ1) is 15.3. The zero-order valence-electron chi connectivity index (χ0n) is 11.8. The summed E-state index contributed by atoms with van der Waals surface area (Å²) in [6, 6.07) is 3.90. The molecule has 0 spiro atoms. The van der Waals surface area contributed by atoms with Gasteiger partial charge in [0.05, 0.1) is 15.9 Å². The first-order valence-corrected chi connectivity index (χ1v) is 6.78. The molecule has 2 rings (SSSR count). The maximum absolute atomic E-state index is 11.1. The standard InChI is InChI=1S/C13H18N4O4/c1-9(14)10-4-5-15(7-10)8-11-2-3-12(16(18)19)6-13(11)17(20)21/h2-3,6,9-10H,4-5,7-8,14H2,1H3. The Morgan fingerprint density at radius 3 is 2.62 bits per heavy atom. The summed E-state index contributed by atoms with van der Waals surface area (Å²) in [7, 11) is 0. The monoisotopic (exact) mass is 294 g/mol. The zero-order valence-corrected chi connectivity index (χ0v) is 11.8. The summed E-state index contributed by atoms with van der Waals surface area (Å²) >= 11 is 0. The molecule has 1 saturated heterocycles. The van der Waals surface area contributed by atoms with Crippen molar-refractivity contribution in [3.63, 3.8) is 0 Å². The van der Waals surface area contributed by atoms with Gasteiger partial charge in [-0.1, -0.05) is 0 Å². The van der Waals surface area contributed by atoms with Crippen LogP contribution in [0.2, 0.25) is 0 Å². The number of nitro benzene ring substituents is 2. The molecule has 1 aliphatic rings. The van der Waals surface area contributed by atoms with Gasteiger partial charge in [-0.05, 0) is 31.9 Å². The summed E-state index contributed by atoms with van der Waals surface area (Å²) in [5, 5.41) is 21.8. The van der Waals surface area contributed by atoms with Gasteiger partial charge in [-0.3, -0.25) is 25.1 Å². The highest BCUT2D eigenvalue weighted by molar-refractivity contribution is 5.49. The minimum atomic E-state index is -0.626. The maximum Gasteiger partial charge on any atom is 0.280 e. The molecule has 1 aromatic carbocycles. The van der Waals surface area contributed by atoms with Crippen LogP contribution in [-0.4, -0.2) is 33.9 Å². The molecule has 1 fully saturated rings. The number of hydrogen-bond donors (Lipinski definition) is 1. The second-order valence-corrected chi connectivity index (χ2v) is 5.47. The van der Waals surface area contributed by atoms with Crippen molar-refractivity contribution in [2.75, 3.05) is 13.1 Å². The highest BCUT2D eigenvalue weighted by atomic mass is 16.6. The van der Waals surface area contributed by atoms with Crippen LogP contribution in [0, 0.1) is 26.1 Å². The molecule has 1 aromatic rings. The summed E-state index contributed by atoms with van der Waals surface area (Å²) in [6.07, 6.45) is 0.971. The highest BCUT2D eigenvalue weighted by Gasteiger charge is 2.27. The molecule has 2 unspecified atom stereocenters. The third-order valence-electron chi connectivity index (χ3n) is 3.92. The smallest absolute Gasteiger partial charge is 0.280 e. The van der Waals surface area contributed by atoms with Crippen LogP contribution in [0.25, 0.3) is 0 Å². The van der Waals surface area contributed by atoms with Crippen molar-refractivity contribution >= 4 is 11.4 Å². The first-order chi connectivity index (χ1) is 9.88. The Morgan fingerprint density at radius 2 is 2.10 bits per heavy atom. The van der Waals surface area contributed by atoms with Crippen LogP contribution >= 0.6 is 0 Å². The average molecular weight is 294 g/mol. The van der Waals surface area contributed by atoms with E-state index in [1.54, 1.807) is 0 Å². The Morgan fingerprint density at radius 1 is 1.38 bits per heavy atom. The largest absolute Gasteiger partial charge is 0.328 e. The summed E-state index contributed by atoms with van der Waals surface area (Å²) < 4.78 is 0. The number of nitro groups is 2. The highest BCUT2D eigenvalue weighted by Crippen LogP contribution is 2.28. The van der Waals surface area contributed by atoms with Gasteiger partial charge in [-0.25, -0.2) is 0 Å². The Bertz CT molecular complexity index is 561. The van der Waals surface area contributed by atoms with Crippen LogP contribution in [0.4, 0.5) is 11.4 Å². The molecular formula is C13H18N4O4. The zero-order chi connectivity index (χ0) is 15.6. The van der Waals surface area contributed by atoms with Crippen molar-refractivity contribution in [1.29, 1.82) is 0 Å². The summed E-state index contributed by atoms with van der Waals surface area (Å²) in [5.41, 5.74) is 5.91. The predicted molar refractivity (Wildman–Crippen MR) is 76.8 cm³/mol. The van der Waals surface area contributed by atoms with Gasteiger partial charge in [0.2, 0.25) is 0 Å². The molecule has 0 aromatic heterocycles. The summed E-state index contributed by atoms with van der Waals surface area (Å²) in [5.74, 6) is 0.391.